The van der Waals surface area contributed by atoms with Gasteiger partial charge in [0.05, 0.1) is 11.7 Å². The molecule has 0 saturated heterocycles. The fraction of sp³-hybridized carbons (Fsp3) is 0.0364. The lowest BCUT2D eigenvalue weighted by Gasteiger charge is -2.26. The first-order valence-electron chi connectivity index (χ1n) is 20.6. The van der Waals surface area contributed by atoms with Gasteiger partial charge in [-0.2, -0.15) is 0 Å². The molecule has 0 amide bonds. The van der Waals surface area contributed by atoms with Gasteiger partial charge >= 0.3 is 0 Å². The second-order valence-corrected chi connectivity index (χ2v) is 16.3. The van der Waals surface area contributed by atoms with Crippen LogP contribution < -0.4 is 10.6 Å². The monoisotopic (exact) mass is 801 g/mol. The Bertz CT molecular complexity index is 3190. The zero-order chi connectivity index (χ0) is 40.5. The van der Waals surface area contributed by atoms with Gasteiger partial charge in [-0.25, -0.2) is 15.0 Å². The zero-order valence-electron chi connectivity index (χ0n) is 33.1. The van der Waals surface area contributed by atoms with Gasteiger partial charge in [-0.3, -0.25) is 0 Å². The van der Waals surface area contributed by atoms with Gasteiger partial charge in [0.1, 0.15) is 17.8 Å². The van der Waals surface area contributed by atoms with Crippen LogP contribution in [0.5, 0.6) is 0 Å². The van der Waals surface area contributed by atoms with Gasteiger partial charge in [-0.1, -0.05) is 194 Å². The number of aliphatic imine (C=N–C) groups is 3. The first kappa shape index (κ1) is 36.4. The number of fused-ring (bicyclic) bond motifs is 3. The highest BCUT2D eigenvalue weighted by Crippen LogP contribution is 2.40. The molecule has 8 aromatic carbocycles. The van der Waals surface area contributed by atoms with Crippen molar-refractivity contribution in [3.63, 3.8) is 0 Å². The second kappa shape index (κ2) is 15.8. The molecule has 6 heteroatoms. The smallest absolute Gasteiger partial charge is 0.159 e. The first-order chi connectivity index (χ1) is 30.2. The van der Waals surface area contributed by atoms with Gasteiger partial charge in [0.2, 0.25) is 0 Å². The van der Waals surface area contributed by atoms with E-state index in [4.69, 9.17) is 15.0 Å². The molecule has 61 heavy (non-hydrogen) atoms. The third kappa shape index (κ3) is 7.03. The van der Waals surface area contributed by atoms with Crippen molar-refractivity contribution >= 4 is 54.7 Å². The highest BCUT2D eigenvalue weighted by Gasteiger charge is 2.26. The average Bonchev–Trinajstić information content (AvgIpc) is 3.74. The summed E-state index contributed by atoms with van der Waals surface area (Å²) in [5, 5.41) is 10.0. The molecule has 290 valence electrons. The summed E-state index contributed by atoms with van der Waals surface area (Å²) in [6.45, 7) is 0. The molecular formula is C55H39N5S. The molecule has 2 N–H and O–H groups in total. The second-order valence-electron chi connectivity index (χ2n) is 15.2. The van der Waals surface area contributed by atoms with Crippen molar-refractivity contribution in [2.75, 3.05) is 0 Å². The predicted octanol–water partition coefficient (Wildman–Crippen LogP) is 13.0. The molecule has 0 spiro atoms. The first-order valence-corrected chi connectivity index (χ1v) is 21.4. The molecule has 2 atom stereocenters. The van der Waals surface area contributed by atoms with Crippen molar-refractivity contribution in [3.8, 4) is 22.3 Å². The SMILES string of the molecule is C1=C(c2ccccc2)N=C(c2ccccc2-c2ccc(C3=NC(c4cccc5c4sc4ccccc45)NC(c4ccccc4)=N3)cc2-c2ccccc2)NC1c1ccccc1. The summed E-state index contributed by atoms with van der Waals surface area (Å²) in [6.07, 6.45) is 1.87. The van der Waals surface area contributed by atoms with Crippen LogP contribution in [0.3, 0.4) is 0 Å². The molecular weight excluding hydrogens is 763 g/mol. The van der Waals surface area contributed by atoms with Crippen LogP contribution in [0.4, 0.5) is 0 Å². The van der Waals surface area contributed by atoms with Crippen LogP contribution in [-0.4, -0.2) is 17.5 Å². The van der Waals surface area contributed by atoms with Crippen molar-refractivity contribution in [1.29, 1.82) is 0 Å². The average molecular weight is 802 g/mol. The summed E-state index contributed by atoms with van der Waals surface area (Å²) >= 11 is 1.82. The third-order valence-electron chi connectivity index (χ3n) is 11.4. The number of hydrogen-bond acceptors (Lipinski definition) is 6. The summed E-state index contributed by atoms with van der Waals surface area (Å²) in [5.74, 6) is 2.30. The van der Waals surface area contributed by atoms with Crippen LogP contribution in [0.2, 0.25) is 0 Å². The Balaban J connectivity index is 1.06. The van der Waals surface area contributed by atoms with E-state index in [1.54, 1.807) is 0 Å². The number of thiophene rings is 1. The molecule has 2 aliphatic heterocycles. The minimum absolute atomic E-state index is 0.0612. The van der Waals surface area contributed by atoms with E-state index in [2.05, 4.69) is 211 Å². The van der Waals surface area contributed by atoms with Gasteiger partial charge in [0, 0.05) is 42.4 Å². The molecule has 0 fully saturated rings. The maximum absolute atomic E-state index is 5.41. The Morgan fingerprint density at radius 1 is 0.426 bits per heavy atom. The molecule has 11 rings (SSSR count). The van der Waals surface area contributed by atoms with E-state index in [9.17, 15) is 0 Å². The van der Waals surface area contributed by atoms with Crippen molar-refractivity contribution in [1.82, 2.24) is 10.6 Å². The normalized spacial score (nSPS) is 16.2. The maximum atomic E-state index is 5.41. The van der Waals surface area contributed by atoms with E-state index in [1.807, 2.05) is 23.5 Å². The van der Waals surface area contributed by atoms with E-state index in [0.717, 1.165) is 67.4 Å². The van der Waals surface area contributed by atoms with Gasteiger partial charge in [-0.15, -0.1) is 11.3 Å². The van der Waals surface area contributed by atoms with E-state index >= 15 is 0 Å². The minimum atomic E-state index is -0.347. The fourth-order valence-electron chi connectivity index (χ4n) is 8.45. The Kier molecular flexibility index (Phi) is 9.45. The third-order valence-corrected chi connectivity index (χ3v) is 12.7. The molecule has 5 nitrogen and oxygen atoms in total. The van der Waals surface area contributed by atoms with Crippen LogP contribution in [0.15, 0.2) is 227 Å². The van der Waals surface area contributed by atoms with Crippen LogP contribution >= 0.6 is 11.3 Å². The predicted molar refractivity (Wildman–Crippen MR) is 255 cm³/mol. The fourth-order valence-corrected chi connectivity index (χ4v) is 9.69. The Labute approximate surface area is 358 Å². The molecule has 0 radical (unpaired) electrons. The molecule has 0 saturated carbocycles. The molecule has 9 aromatic rings. The van der Waals surface area contributed by atoms with E-state index in [0.29, 0.717) is 5.84 Å². The molecule has 3 heterocycles. The molecule has 2 unspecified atom stereocenters. The van der Waals surface area contributed by atoms with Crippen molar-refractivity contribution in [2.24, 2.45) is 15.0 Å². The number of nitrogens with one attached hydrogen (secondary N) is 2. The number of rotatable bonds is 8. The lowest BCUT2D eigenvalue weighted by Crippen LogP contribution is -2.33. The standard InChI is InChI=1S/C55H39N5S/c1-5-18-36(19-6-1)47-34-40(53-58-52(39-24-11-4-12-25-39)59-55(60-53)46-30-17-29-44-43-27-15-16-31-50(43)61-51(44)46)32-33-42(47)41-26-13-14-28-45(41)54-56-48(37-20-7-2-8-21-37)35-49(57-54)38-22-9-3-10-23-38/h1-35,48,55H,(H,56,57)(H,58,59,60). The highest BCUT2D eigenvalue weighted by atomic mass is 32.1. The highest BCUT2D eigenvalue weighted by molar-refractivity contribution is 7.26. The van der Waals surface area contributed by atoms with Crippen LogP contribution in [0, 0.1) is 0 Å². The Morgan fingerprint density at radius 3 is 1.82 bits per heavy atom. The van der Waals surface area contributed by atoms with Gasteiger partial charge in [0.25, 0.3) is 0 Å². The summed E-state index contributed by atoms with van der Waals surface area (Å²) in [4.78, 5) is 16.0. The molecule has 2 aliphatic rings. The number of nitrogens with zero attached hydrogens (tertiary/aromatic N) is 3. The van der Waals surface area contributed by atoms with Crippen molar-refractivity contribution < 1.29 is 0 Å². The van der Waals surface area contributed by atoms with Crippen LogP contribution in [-0.2, 0) is 0 Å². The van der Waals surface area contributed by atoms with Crippen molar-refractivity contribution in [3.05, 3.63) is 246 Å². The van der Waals surface area contributed by atoms with E-state index in [1.165, 1.54) is 25.7 Å². The lowest BCUT2D eigenvalue weighted by atomic mass is 9.89. The van der Waals surface area contributed by atoms with Crippen LogP contribution in [0.25, 0.3) is 48.1 Å². The number of hydrogen-bond donors (Lipinski definition) is 2. The van der Waals surface area contributed by atoms with Gasteiger partial charge in [-0.05, 0) is 51.6 Å². The Morgan fingerprint density at radius 2 is 1.05 bits per heavy atom. The number of amidine groups is 3. The quantitative estimate of drug-likeness (QED) is 0.161. The lowest BCUT2D eigenvalue weighted by molar-refractivity contribution is 0.680. The summed E-state index contributed by atoms with van der Waals surface area (Å²) in [5.41, 5.74) is 11.7. The zero-order valence-corrected chi connectivity index (χ0v) is 33.9. The van der Waals surface area contributed by atoms with Gasteiger partial charge in [0.15, 0.2) is 5.84 Å². The largest absolute Gasteiger partial charge is 0.359 e. The molecule has 0 aliphatic carbocycles. The molecule has 1 aromatic heterocycles. The summed E-state index contributed by atoms with van der Waals surface area (Å²) < 4.78 is 2.50. The topological polar surface area (TPSA) is 61.1 Å². The van der Waals surface area contributed by atoms with E-state index < -0.39 is 0 Å². The van der Waals surface area contributed by atoms with E-state index in [-0.39, 0.29) is 12.2 Å². The van der Waals surface area contributed by atoms with Crippen LogP contribution in [0.1, 0.15) is 45.6 Å². The minimum Gasteiger partial charge on any atom is -0.359 e. The summed E-state index contributed by atoms with van der Waals surface area (Å²) in [6, 6.07) is 72.3. The number of benzene rings is 8. The summed E-state index contributed by atoms with van der Waals surface area (Å²) in [7, 11) is 0. The maximum Gasteiger partial charge on any atom is 0.159 e. The Hall–Kier alpha value is -7.67. The molecule has 0 bridgehead atoms. The van der Waals surface area contributed by atoms with Gasteiger partial charge < -0.3 is 10.6 Å². The van der Waals surface area contributed by atoms with Crippen molar-refractivity contribution in [2.45, 2.75) is 12.2 Å².